The summed E-state index contributed by atoms with van der Waals surface area (Å²) < 4.78 is 5.45. The summed E-state index contributed by atoms with van der Waals surface area (Å²) in [4.78, 5) is 22.7. The monoisotopic (exact) mass is 408 g/mol. The number of hydrogen-bond donors (Lipinski definition) is 1. The Hall–Kier alpha value is -2.15. The second-order valence-corrected chi connectivity index (χ2v) is 9.14. The molecule has 1 aromatic heterocycles. The highest BCUT2D eigenvalue weighted by Crippen LogP contribution is 2.51. The van der Waals surface area contributed by atoms with Crippen LogP contribution in [-0.4, -0.2) is 31.3 Å². The second kappa shape index (κ2) is 7.35. The Bertz CT molecular complexity index is 1100. The van der Waals surface area contributed by atoms with Crippen LogP contribution in [0.15, 0.2) is 72.9 Å². The fraction of sp³-hybridized carbons (Fsp3) is 0.227. The summed E-state index contributed by atoms with van der Waals surface area (Å²) >= 11 is 3.59. The number of rotatable bonds is 2. The van der Waals surface area contributed by atoms with Crippen LogP contribution in [0.25, 0.3) is 11.3 Å². The largest absolute Gasteiger partial charge is 0.378 e. The first-order valence-electron chi connectivity index (χ1n) is 9.34. The summed E-state index contributed by atoms with van der Waals surface area (Å²) in [5.41, 5.74) is 4.11. The van der Waals surface area contributed by atoms with Crippen LogP contribution in [-0.2, 0) is 4.74 Å². The van der Waals surface area contributed by atoms with Gasteiger partial charge in [-0.2, -0.15) is 0 Å². The van der Waals surface area contributed by atoms with Crippen LogP contribution in [0, 0.1) is 6.92 Å². The maximum atomic E-state index is 12.4. The summed E-state index contributed by atoms with van der Waals surface area (Å²) in [6.07, 6.45) is 0. The number of benzene rings is 2. The number of H-pyrrole nitrogens is 1. The first-order chi connectivity index (χ1) is 13.7. The summed E-state index contributed by atoms with van der Waals surface area (Å²) in [6.45, 7) is 5.15. The molecule has 1 N–H and O–H groups in total. The van der Waals surface area contributed by atoms with E-state index in [1.54, 1.807) is 29.6 Å². The van der Waals surface area contributed by atoms with Crippen molar-refractivity contribution in [3.05, 3.63) is 64.4 Å². The van der Waals surface area contributed by atoms with Crippen LogP contribution in [0.4, 0.5) is 5.69 Å². The van der Waals surface area contributed by atoms with Crippen LogP contribution >= 0.6 is 23.5 Å². The minimum absolute atomic E-state index is 0.0684. The maximum absolute atomic E-state index is 12.4. The Kier molecular flexibility index (Phi) is 4.70. The number of ether oxygens (including phenoxy) is 1. The number of pyridine rings is 1. The fourth-order valence-electron chi connectivity index (χ4n) is 3.60. The third-order valence-corrected chi connectivity index (χ3v) is 7.60. The highest BCUT2D eigenvalue weighted by Gasteiger charge is 2.21. The van der Waals surface area contributed by atoms with Crippen molar-refractivity contribution in [2.45, 2.75) is 26.5 Å². The van der Waals surface area contributed by atoms with E-state index in [0.29, 0.717) is 13.2 Å². The molecular weight excluding hydrogens is 388 g/mol. The summed E-state index contributed by atoms with van der Waals surface area (Å²) in [5, 5.41) is 0. The Morgan fingerprint density at radius 2 is 1.82 bits per heavy atom. The summed E-state index contributed by atoms with van der Waals surface area (Å²) in [5.74, 6) is 0. The molecule has 1 fully saturated rings. The van der Waals surface area contributed by atoms with Gasteiger partial charge in [0.15, 0.2) is 0 Å². The number of aryl methyl sites for hydroxylation is 1. The molecule has 0 saturated carbocycles. The average molecular weight is 409 g/mol. The predicted molar refractivity (Wildman–Crippen MR) is 115 cm³/mol. The molecule has 0 radical (unpaired) electrons. The molecule has 3 aromatic rings. The van der Waals surface area contributed by atoms with E-state index in [2.05, 4.69) is 59.3 Å². The third-order valence-electron chi connectivity index (χ3n) is 5.01. The highest BCUT2D eigenvalue weighted by molar-refractivity contribution is 8.05. The fourth-order valence-corrected chi connectivity index (χ4v) is 6.07. The Morgan fingerprint density at radius 3 is 2.68 bits per heavy atom. The van der Waals surface area contributed by atoms with Crippen LogP contribution in [0.5, 0.6) is 0 Å². The number of nitrogens with one attached hydrogen (secondary N) is 1. The second-order valence-electron chi connectivity index (χ2n) is 7.00. The van der Waals surface area contributed by atoms with Gasteiger partial charge in [0, 0.05) is 50.0 Å². The summed E-state index contributed by atoms with van der Waals surface area (Å²) in [6, 6.07) is 16.7. The molecule has 2 aromatic carbocycles. The molecule has 4 nitrogen and oxygen atoms in total. The van der Waals surface area contributed by atoms with E-state index in [1.807, 2.05) is 0 Å². The molecule has 2 aliphatic rings. The van der Waals surface area contributed by atoms with Crippen LogP contribution in [0.2, 0.25) is 0 Å². The quantitative estimate of drug-likeness (QED) is 0.516. The lowest BCUT2D eigenvalue weighted by molar-refractivity contribution is 0.122. The van der Waals surface area contributed by atoms with E-state index in [1.165, 1.54) is 25.1 Å². The standard InChI is InChI=1S/C22H20N2O2S2/c1-14-5-6-18-20(11-14)27-19-4-2-3-16(22(19)28-18)17-12-15(13-21(25)23-17)24-7-9-26-10-8-24/h2-6,11-13H,7-10H2,1H3,(H,23,25). The van der Waals surface area contributed by atoms with Crippen LogP contribution < -0.4 is 10.5 Å². The number of aromatic amines is 1. The molecule has 2 aliphatic heterocycles. The van der Waals surface area contributed by atoms with Crippen LogP contribution in [0.1, 0.15) is 5.56 Å². The van der Waals surface area contributed by atoms with Gasteiger partial charge in [0.2, 0.25) is 5.56 Å². The average Bonchev–Trinajstić information content (AvgIpc) is 2.72. The van der Waals surface area contributed by atoms with Gasteiger partial charge < -0.3 is 14.6 Å². The number of nitrogens with zero attached hydrogens (tertiary/aromatic N) is 1. The minimum Gasteiger partial charge on any atom is -0.378 e. The molecule has 5 rings (SSSR count). The highest BCUT2D eigenvalue weighted by atomic mass is 32.2. The first-order valence-corrected chi connectivity index (χ1v) is 11.0. The minimum atomic E-state index is -0.0684. The van der Waals surface area contributed by atoms with Crippen molar-refractivity contribution in [1.29, 1.82) is 0 Å². The van der Waals surface area contributed by atoms with E-state index in [-0.39, 0.29) is 5.56 Å². The van der Waals surface area contributed by atoms with Gasteiger partial charge >= 0.3 is 0 Å². The molecule has 0 spiro atoms. The van der Waals surface area contributed by atoms with Crippen molar-refractivity contribution < 1.29 is 4.74 Å². The number of fused-ring (bicyclic) bond motifs is 2. The van der Waals surface area contributed by atoms with Gasteiger partial charge in [-0.05, 0) is 36.8 Å². The Morgan fingerprint density at radius 1 is 0.964 bits per heavy atom. The number of anilines is 1. The molecule has 0 amide bonds. The van der Waals surface area contributed by atoms with E-state index < -0.39 is 0 Å². The zero-order valence-corrected chi connectivity index (χ0v) is 17.2. The summed E-state index contributed by atoms with van der Waals surface area (Å²) in [7, 11) is 0. The van der Waals surface area contributed by atoms with Crippen molar-refractivity contribution in [3.8, 4) is 11.3 Å². The molecule has 6 heteroatoms. The third kappa shape index (κ3) is 3.36. The van der Waals surface area contributed by atoms with Gasteiger partial charge in [-0.1, -0.05) is 41.7 Å². The molecule has 0 aliphatic carbocycles. The smallest absolute Gasteiger partial charge is 0.250 e. The van der Waals surface area contributed by atoms with E-state index in [0.717, 1.165) is 30.0 Å². The SMILES string of the molecule is Cc1ccc2c(c1)Sc1cccc(-c3cc(N4CCOCC4)cc(=O)[nH]3)c1S2. The maximum Gasteiger partial charge on any atom is 0.250 e. The van der Waals surface area contributed by atoms with Crippen molar-refractivity contribution in [2.24, 2.45) is 0 Å². The lowest BCUT2D eigenvalue weighted by Gasteiger charge is -2.29. The lowest BCUT2D eigenvalue weighted by Crippen LogP contribution is -2.36. The Labute approximate surface area is 172 Å². The molecule has 1 saturated heterocycles. The van der Waals surface area contributed by atoms with Crippen molar-refractivity contribution in [3.63, 3.8) is 0 Å². The molecule has 0 bridgehead atoms. The van der Waals surface area contributed by atoms with Gasteiger partial charge in [-0.3, -0.25) is 4.79 Å². The lowest BCUT2D eigenvalue weighted by atomic mass is 10.1. The van der Waals surface area contributed by atoms with Crippen molar-refractivity contribution >= 4 is 29.2 Å². The van der Waals surface area contributed by atoms with Gasteiger partial charge in [-0.15, -0.1) is 0 Å². The zero-order chi connectivity index (χ0) is 19.1. The predicted octanol–water partition coefficient (Wildman–Crippen LogP) is 4.80. The normalized spacial score (nSPS) is 15.8. The van der Waals surface area contributed by atoms with E-state index >= 15 is 0 Å². The number of hydrogen-bond acceptors (Lipinski definition) is 5. The van der Waals surface area contributed by atoms with Gasteiger partial charge in [0.1, 0.15) is 0 Å². The molecule has 0 atom stereocenters. The molecule has 142 valence electrons. The number of aromatic nitrogens is 1. The first kappa shape index (κ1) is 17.9. The van der Waals surface area contributed by atoms with E-state index in [4.69, 9.17) is 4.74 Å². The van der Waals surface area contributed by atoms with Gasteiger partial charge in [0.05, 0.1) is 18.9 Å². The molecule has 28 heavy (non-hydrogen) atoms. The molecule has 0 unspecified atom stereocenters. The zero-order valence-electron chi connectivity index (χ0n) is 15.5. The van der Waals surface area contributed by atoms with Gasteiger partial charge in [0.25, 0.3) is 0 Å². The van der Waals surface area contributed by atoms with E-state index in [9.17, 15) is 4.79 Å². The van der Waals surface area contributed by atoms with Crippen LogP contribution in [0.3, 0.4) is 0 Å². The Balaban J connectivity index is 1.57. The van der Waals surface area contributed by atoms with Crippen molar-refractivity contribution in [2.75, 3.05) is 31.2 Å². The van der Waals surface area contributed by atoms with Gasteiger partial charge in [-0.25, -0.2) is 0 Å². The topological polar surface area (TPSA) is 45.3 Å². The van der Waals surface area contributed by atoms with Crippen molar-refractivity contribution in [1.82, 2.24) is 4.98 Å². The number of morpholine rings is 1. The molecular formula is C22H20N2O2S2. The molecule has 3 heterocycles.